The Bertz CT molecular complexity index is 1230. The maximum Gasteiger partial charge on any atom is 0.237 e. The first-order valence-corrected chi connectivity index (χ1v) is 8.02. The number of aryl methyl sites for hydroxylation is 1. The third-order valence-electron chi connectivity index (χ3n) is 4.27. The molecule has 0 radical (unpaired) electrons. The van der Waals surface area contributed by atoms with E-state index in [2.05, 4.69) is 30.5 Å². The summed E-state index contributed by atoms with van der Waals surface area (Å²) in [4.78, 5) is 4.54. The zero-order valence-corrected chi connectivity index (χ0v) is 13.8. The van der Waals surface area contributed by atoms with Crippen molar-refractivity contribution in [2.45, 2.75) is 13.5 Å². The minimum Gasteiger partial charge on any atom is -0.424 e. The van der Waals surface area contributed by atoms with E-state index in [9.17, 15) is 0 Å². The zero-order valence-electron chi connectivity index (χ0n) is 13.8. The Balaban J connectivity index is 1.71. The van der Waals surface area contributed by atoms with E-state index in [0.29, 0.717) is 24.1 Å². The number of hydrogen-bond donors (Lipinski definition) is 2. The Hall–Kier alpha value is -3.75. The number of nitrogens with zero attached hydrogens (tertiary/aromatic N) is 6. The molecular weight excluding hydrogens is 332 g/mol. The first-order chi connectivity index (χ1) is 12.7. The van der Waals surface area contributed by atoms with Crippen LogP contribution in [0.4, 0.5) is 5.82 Å². The molecule has 0 bridgehead atoms. The summed E-state index contributed by atoms with van der Waals surface area (Å²) in [5, 5.41) is 21.0. The van der Waals surface area contributed by atoms with Gasteiger partial charge in [-0.3, -0.25) is 9.78 Å². The third kappa shape index (κ3) is 2.21. The number of nitrogens with two attached hydrogens (primary N) is 1. The molecule has 0 saturated carbocycles. The van der Waals surface area contributed by atoms with Gasteiger partial charge in [0.25, 0.3) is 0 Å². The van der Waals surface area contributed by atoms with Gasteiger partial charge in [-0.25, -0.2) is 4.98 Å². The van der Waals surface area contributed by atoms with Crippen LogP contribution in [0.2, 0.25) is 0 Å². The smallest absolute Gasteiger partial charge is 0.237 e. The van der Waals surface area contributed by atoms with Crippen LogP contribution in [0.15, 0.2) is 41.1 Å². The molecule has 0 aliphatic heterocycles. The van der Waals surface area contributed by atoms with E-state index >= 15 is 0 Å². The molecular formula is C17H14N8O. The van der Waals surface area contributed by atoms with Crippen molar-refractivity contribution in [2.24, 2.45) is 0 Å². The van der Waals surface area contributed by atoms with Crippen molar-refractivity contribution in [1.82, 2.24) is 35.2 Å². The van der Waals surface area contributed by atoms with Crippen LogP contribution in [0.3, 0.4) is 0 Å². The summed E-state index contributed by atoms with van der Waals surface area (Å²) in [6, 6.07) is 7.91. The number of anilines is 1. The molecule has 3 N–H and O–H groups in total. The van der Waals surface area contributed by atoms with Gasteiger partial charge in [0, 0.05) is 24.1 Å². The molecule has 0 unspecified atom stereocenters. The second-order valence-corrected chi connectivity index (χ2v) is 5.98. The predicted octanol–water partition coefficient (Wildman–Crippen LogP) is 2.30. The van der Waals surface area contributed by atoms with Crippen molar-refractivity contribution in [3.05, 3.63) is 48.4 Å². The Morgan fingerprint density at radius 3 is 2.88 bits per heavy atom. The molecule has 0 amide bonds. The highest BCUT2D eigenvalue weighted by Crippen LogP contribution is 2.30. The molecule has 0 atom stereocenters. The van der Waals surface area contributed by atoms with E-state index in [-0.39, 0.29) is 0 Å². The van der Waals surface area contributed by atoms with Crippen molar-refractivity contribution in [3.8, 4) is 11.3 Å². The summed E-state index contributed by atoms with van der Waals surface area (Å²) in [5.41, 5.74) is 9.74. The van der Waals surface area contributed by atoms with E-state index in [1.54, 1.807) is 24.0 Å². The Labute approximate surface area is 146 Å². The van der Waals surface area contributed by atoms with Crippen LogP contribution >= 0.6 is 0 Å². The lowest BCUT2D eigenvalue weighted by Crippen LogP contribution is -2.03. The number of fused-ring (bicyclic) bond motifs is 3. The van der Waals surface area contributed by atoms with Crippen LogP contribution < -0.4 is 5.73 Å². The fourth-order valence-corrected chi connectivity index (χ4v) is 3.10. The minimum atomic E-state index is 0.366. The van der Waals surface area contributed by atoms with E-state index in [1.165, 1.54) is 0 Å². The van der Waals surface area contributed by atoms with Gasteiger partial charge < -0.3 is 10.2 Å². The van der Waals surface area contributed by atoms with Crippen molar-refractivity contribution < 1.29 is 4.42 Å². The van der Waals surface area contributed by atoms with E-state index < -0.39 is 0 Å². The van der Waals surface area contributed by atoms with Crippen molar-refractivity contribution in [3.63, 3.8) is 0 Å². The molecule has 0 spiro atoms. The third-order valence-corrected chi connectivity index (χ3v) is 4.27. The van der Waals surface area contributed by atoms with Crippen LogP contribution in [-0.2, 0) is 6.54 Å². The lowest BCUT2D eigenvalue weighted by molar-refractivity contribution is 0.448. The summed E-state index contributed by atoms with van der Waals surface area (Å²) in [5.74, 6) is 1.44. The number of H-pyrrole nitrogens is 1. The average Bonchev–Trinajstić information content (AvgIpc) is 3.37. The second-order valence-electron chi connectivity index (χ2n) is 5.98. The fraction of sp³-hybridized carbons (Fsp3) is 0.118. The monoisotopic (exact) mass is 346 g/mol. The van der Waals surface area contributed by atoms with Gasteiger partial charge in [-0.1, -0.05) is 6.07 Å². The van der Waals surface area contributed by atoms with Gasteiger partial charge in [0.2, 0.25) is 11.8 Å². The van der Waals surface area contributed by atoms with Crippen LogP contribution in [0, 0.1) is 6.92 Å². The highest BCUT2D eigenvalue weighted by molar-refractivity contribution is 6.08. The highest BCUT2D eigenvalue weighted by atomic mass is 16.4. The number of nitrogens with one attached hydrogen (secondary N) is 1. The molecule has 5 rings (SSSR count). The normalized spacial score (nSPS) is 11.6. The van der Waals surface area contributed by atoms with Gasteiger partial charge in [0.15, 0.2) is 0 Å². The molecule has 9 nitrogen and oxygen atoms in total. The number of nitrogen functional groups attached to an aromatic ring is 1. The number of pyridine rings is 1. The first kappa shape index (κ1) is 14.6. The number of benzene rings is 1. The van der Waals surface area contributed by atoms with Crippen LogP contribution in [0.5, 0.6) is 0 Å². The molecule has 4 aromatic heterocycles. The Morgan fingerprint density at radius 2 is 2.12 bits per heavy atom. The minimum absolute atomic E-state index is 0.366. The molecule has 9 heteroatoms. The van der Waals surface area contributed by atoms with Gasteiger partial charge in [-0.15, -0.1) is 10.2 Å². The molecule has 1 aromatic carbocycles. The number of hydrogen-bond acceptors (Lipinski definition) is 7. The topological polar surface area (TPSA) is 124 Å². The predicted molar refractivity (Wildman–Crippen MR) is 95.2 cm³/mol. The van der Waals surface area contributed by atoms with Crippen molar-refractivity contribution >= 4 is 27.6 Å². The quantitative estimate of drug-likeness (QED) is 0.513. The second kappa shape index (κ2) is 5.38. The molecule has 4 heterocycles. The van der Waals surface area contributed by atoms with Gasteiger partial charge in [-0.2, -0.15) is 10.2 Å². The molecule has 0 aliphatic carbocycles. The van der Waals surface area contributed by atoms with E-state index in [0.717, 1.165) is 33.1 Å². The molecule has 5 aromatic rings. The zero-order chi connectivity index (χ0) is 17.7. The van der Waals surface area contributed by atoms with Crippen LogP contribution in [0.25, 0.3) is 33.1 Å². The molecule has 26 heavy (non-hydrogen) atoms. The SMILES string of the molecule is Cc1nnc(Cn2ncc3c(N)nc4cc(-c5ccn[nH]5)ccc4c32)o1. The van der Waals surface area contributed by atoms with Crippen molar-refractivity contribution in [1.29, 1.82) is 0 Å². The molecule has 0 saturated heterocycles. The van der Waals surface area contributed by atoms with Crippen molar-refractivity contribution in [2.75, 3.05) is 5.73 Å². The summed E-state index contributed by atoms with van der Waals surface area (Å²) in [6.45, 7) is 2.12. The van der Waals surface area contributed by atoms with Gasteiger partial charge in [0.1, 0.15) is 12.4 Å². The summed E-state index contributed by atoms with van der Waals surface area (Å²) in [6.07, 6.45) is 3.43. The van der Waals surface area contributed by atoms with Gasteiger partial charge in [0.05, 0.1) is 28.3 Å². The first-order valence-electron chi connectivity index (χ1n) is 8.02. The van der Waals surface area contributed by atoms with E-state index in [4.69, 9.17) is 10.2 Å². The maximum atomic E-state index is 6.17. The number of aromatic nitrogens is 7. The lowest BCUT2D eigenvalue weighted by Gasteiger charge is -2.07. The lowest BCUT2D eigenvalue weighted by atomic mass is 10.1. The van der Waals surface area contributed by atoms with E-state index in [1.807, 2.05) is 24.3 Å². The summed E-state index contributed by atoms with van der Waals surface area (Å²) >= 11 is 0. The Kier molecular flexibility index (Phi) is 3.02. The van der Waals surface area contributed by atoms with Crippen LogP contribution in [0.1, 0.15) is 11.8 Å². The largest absolute Gasteiger partial charge is 0.424 e. The molecule has 0 fully saturated rings. The number of aromatic amines is 1. The highest BCUT2D eigenvalue weighted by Gasteiger charge is 2.15. The standard InChI is InChI=1S/C17H14N8O/c1-9-22-24-15(26-9)8-25-16-11-3-2-10(13-4-5-19-23-13)6-14(11)21-17(18)12(16)7-20-25/h2-7H,8H2,1H3,(H2,18,21)(H,19,23). The van der Waals surface area contributed by atoms with Crippen LogP contribution in [-0.4, -0.2) is 35.2 Å². The molecule has 0 aliphatic rings. The summed E-state index contributed by atoms with van der Waals surface area (Å²) in [7, 11) is 0. The van der Waals surface area contributed by atoms with Gasteiger partial charge >= 0.3 is 0 Å². The fourth-order valence-electron chi connectivity index (χ4n) is 3.10. The average molecular weight is 346 g/mol. The molecule has 128 valence electrons. The summed E-state index contributed by atoms with van der Waals surface area (Å²) < 4.78 is 7.28. The number of rotatable bonds is 3. The maximum absolute atomic E-state index is 6.17. The van der Waals surface area contributed by atoms with Gasteiger partial charge in [-0.05, 0) is 18.2 Å². The Morgan fingerprint density at radius 1 is 1.19 bits per heavy atom.